The van der Waals surface area contributed by atoms with Crippen LogP contribution in [-0.4, -0.2) is 28.5 Å². The second kappa shape index (κ2) is 5.46. The van der Waals surface area contributed by atoms with Gasteiger partial charge in [-0.1, -0.05) is 0 Å². The molecule has 0 aliphatic rings. The highest BCUT2D eigenvalue weighted by Crippen LogP contribution is 2.25. The van der Waals surface area contributed by atoms with E-state index in [-0.39, 0.29) is 0 Å². The van der Waals surface area contributed by atoms with E-state index in [2.05, 4.69) is 0 Å². The maximum atomic E-state index is 10.4. The van der Waals surface area contributed by atoms with Crippen LogP contribution in [-0.2, 0) is 0 Å². The normalized spacial score (nSPS) is 15.1. The molecule has 0 aliphatic heterocycles. The summed E-state index contributed by atoms with van der Waals surface area (Å²) in [7, 11) is 0. The molecule has 14 heavy (non-hydrogen) atoms. The number of hydrogen-bond donors (Lipinski definition) is 2. The molecule has 1 aromatic heterocycles. The molecule has 0 saturated heterocycles. The molecule has 0 fully saturated rings. The third kappa shape index (κ3) is 2.78. The first kappa shape index (κ1) is 11.7. The summed E-state index contributed by atoms with van der Waals surface area (Å²) in [5.74, 6) is 0.296. The molecular formula is C9H11ClO3S. The average Bonchev–Trinajstić information content (AvgIpc) is 2.65. The zero-order valence-corrected chi connectivity index (χ0v) is 8.96. The van der Waals surface area contributed by atoms with E-state index in [1.807, 2.05) is 0 Å². The van der Waals surface area contributed by atoms with Gasteiger partial charge in [-0.3, -0.25) is 4.79 Å². The van der Waals surface area contributed by atoms with Crippen molar-refractivity contribution < 1.29 is 15.0 Å². The smallest absolute Gasteiger partial charge is 0.160 e. The van der Waals surface area contributed by atoms with E-state index in [0.717, 1.165) is 6.29 Å². The Balaban J connectivity index is 2.67. The van der Waals surface area contributed by atoms with Crippen molar-refractivity contribution in [2.24, 2.45) is 0 Å². The molecule has 1 rings (SSSR count). The second-order valence-electron chi connectivity index (χ2n) is 2.85. The Labute approximate surface area is 90.9 Å². The summed E-state index contributed by atoms with van der Waals surface area (Å²) in [5.41, 5.74) is 0. The summed E-state index contributed by atoms with van der Waals surface area (Å²) in [6.45, 7) is 0. The van der Waals surface area contributed by atoms with Crippen molar-refractivity contribution in [2.45, 2.75) is 18.6 Å². The second-order valence-corrected chi connectivity index (χ2v) is 4.37. The first-order valence-corrected chi connectivity index (χ1v) is 5.51. The SMILES string of the molecule is O=Cc1ccc(C(O)C(O)CCCl)s1. The van der Waals surface area contributed by atoms with Crippen molar-refractivity contribution in [1.82, 2.24) is 0 Å². The molecule has 2 atom stereocenters. The largest absolute Gasteiger partial charge is 0.390 e. The molecule has 5 heteroatoms. The minimum absolute atomic E-state index is 0.296. The first-order valence-electron chi connectivity index (χ1n) is 4.16. The number of aldehydes is 1. The van der Waals surface area contributed by atoms with Crippen LogP contribution in [0.1, 0.15) is 27.1 Å². The van der Waals surface area contributed by atoms with E-state index in [0.29, 0.717) is 22.1 Å². The van der Waals surface area contributed by atoms with Crippen molar-refractivity contribution in [3.05, 3.63) is 21.9 Å². The molecular weight excluding hydrogens is 224 g/mol. The summed E-state index contributed by atoms with van der Waals surface area (Å²) in [6, 6.07) is 3.25. The van der Waals surface area contributed by atoms with Crippen LogP contribution in [0.4, 0.5) is 0 Å². The lowest BCUT2D eigenvalue weighted by atomic mass is 10.1. The minimum Gasteiger partial charge on any atom is -0.390 e. The van der Waals surface area contributed by atoms with Crippen LogP contribution >= 0.6 is 22.9 Å². The van der Waals surface area contributed by atoms with Gasteiger partial charge in [-0.2, -0.15) is 0 Å². The predicted molar refractivity (Wildman–Crippen MR) is 56.0 cm³/mol. The van der Waals surface area contributed by atoms with E-state index in [9.17, 15) is 15.0 Å². The lowest BCUT2D eigenvalue weighted by Crippen LogP contribution is -2.17. The van der Waals surface area contributed by atoms with Gasteiger partial charge >= 0.3 is 0 Å². The van der Waals surface area contributed by atoms with Crippen molar-refractivity contribution in [3.8, 4) is 0 Å². The summed E-state index contributed by atoms with van der Waals surface area (Å²) in [4.78, 5) is 11.5. The van der Waals surface area contributed by atoms with Gasteiger partial charge in [-0.25, -0.2) is 0 Å². The molecule has 0 bridgehead atoms. The van der Waals surface area contributed by atoms with Gasteiger partial charge in [-0.05, 0) is 18.6 Å². The molecule has 1 aromatic rings. The van der Waals surface area contributed by atoms with E-state index in [4.69, 9.17) is 11.6 Å². The highest BCUT2D eigenvalue weighted by Gasteiger charge is 2.19. The number of aliphatic hydroxyl groups excluding tert-OH is 2. The fraction of sp³-hybridized carbons (Fsp3) is 0.444. The molecule has 0 aromatic carbocycles. The molecule has 2 unspecified atom stereocenters. The number of alkyl halides is 1. The Hall–Kier alpha value is -0.420. The molecule has 0 aliphatic carbocycles. The van der Waals surface area contributed by atoms with E-state index >= 15 is 0 Å². The maximum Gasteiger partial charge on any atom is 0.160 e. The van der Waals surface area contributed by atoms with Gasteiger partial charge in [0, 0.05) is 10.8 Å². The maximum absolute atomic E-state index is 10.4. The zero-order valence-electron chi connectivity index (χ0n) is 7.39. The number of hydrogen-bond acceptors (Lipinski definition) is 4. The Morgan fingerprint density at radius 1 is 1.50 bits per heavy atom. The van der Waals surface area contributed by atoms with Gasteiger partial charge in [-0.15, -0.1) is 22.9 Å². The number of carbonyl (C=O) groups excluding carboxylic acids is 1. The van der Waals surface area contributed by atoms with Crippen molar-refractivity contribution in [1.29, 1.82) is 0 Å². The number of rotatable bonds is 5. The number of halogens is 1. The van der Waals surface area contributed by atoms with Crippen LogP contribution in [0.3, 0.4) is 0 Å². The number of thiophene rings is 1. The van der Waals surface area contributed by atoms with Crippen LogP contribution in [0.25, 0.3) is 0 Å². The van der Waals surface area contributed by atoms with Gasteiger partial charge in [0.15, 0.2) is 6.29 Å². The van der Waals surface area contributed by atoms with E-state index in [1.165, 1.54) is 11.3 Å². The summed E-state index contributed by atoms with van der Waals surface area (Å²) >= 11 is 6.61. The minimum atomic E-state index is -0.951. The molecule has 0 amide bonds. The summed E-state index contributed by atoms with van der Waals surface area (Å²) < 4.78 is 0. The molecule has 1 heterocycles. The van der Waals surface area contributed by atoms with E-state index < -0.39 is 12.2 Å². The van der Waals surface area contributed by atoms with Crippen LogP contribution in [0.5, 0.6) is 0 Å². The van der Waals surface area contributed by atoms with Gasteiger partial charge in [0.2, 0.25) is 0 Å². The van der Waals surface area contributed by atoms with Crippen LogP contribution in [0, 0.1) is 0 Å². The molecule has 0 saturated carbocycles. The number of aliphatic hydroxyl groups is 2. The van der Waals surface area contributed by atoms with Crippen molar-refractivity contribution in [3.63, 3.8) is 0 Å². The average molecular weight is 235 g/mol. The quantitative estimate of drug-likeness (QED) is 0.601. The predicted octanol–water partition coefficient (Wildman–Crippen LogP) is 1.58. The van der Waals surface area contributed by atoms with E-state index in [1.54, 1.807) is 12.1 Å². The van der Waals surface area contributed by atoms with Gasteiger partial charge in [0.1, 0.15) is 6.10 Å². The first-order chi connectivity index (χ1) is 6.69. The van der Waals surface area contributed by atoms with Crippen molar-refractivity contribution >= 4 is 29.2 Å². The Morgan fingerprint density at radius 3 is 2.71 bits per heavy atom. The van der Waals surface area contributed by atoms with Gasteiger partial charge in [0.05, 0.1) is 11.0 Å². The molecule has 2 N–H and O–H groups in total. The van der Waals surface area contributed by atoms with Crippen molar-refractivity contribution in [2.75, 3.05) is 5.88 Å². The third-order valence-corrected chi connectivity index (χ3v) is 3.12. The molecule has 3 nitrogen and oxygen atoms in total. The monoisotopic (exact) mass is 234 g/mol. The molecule has 0 spiro atoms. The highest BCUT2D eigenvalue weighted by atomic mass is 35.5. The standard InChI is InChI=1S/C9H11ClO3S/c10-4-3-7(12)9(13)8-2-1-6(5-11)14-8/h1-2,5,7,9,12-13H,3-4H2. The fourth-order valence-electron chi connectivity index (χ4n) is 1.05. The number of carbonyl (C=O) groups is 1. The lowest BCUT2D eigenvalue weighted by Gasteiger charge is -2.14. The van der Waals surface area contributed by atoms with Gasteiger partial charge in [0.25, 0.3) is 0 Å². The summed E-state index contributed by atoms with van der Waals surface area (Å²) in [5, 5.41) is 19.1. The van der Waals surface area contributed by atoms with Gasteiger partial charge < -0.3 is 10.2 Å². The molecule has 78 valence electrons. The Kier molecular flexibility index (Phi) is 4.54. The molecule has 0 radical (unpaired) electrons. The third-order valence-electron chi connectivity index (χ3n) is 1.82. The lowest BCUT2D eigenvalue weighted by molar-refractivity contribution is 0.0191. The van der Waals surface area contributed by atoms with Crippen LogP contribution in [0.2, 0.25) is 0 Å². The Bertz CT molecular complexity index is 300. The summed E-state index contributed by atoms with van der Waals surface area (Å²) in [6.07, 6.45) is -0.774. The van der Waals surface area contributed by atoms with Crippen LogP contribution < -0.4 is 0 Å². The highest BCUT2D eigenvalue weighted by molar-refractivity contribution is 7.13. The fourth-order valence-corrected chi connectivity index (χ4v) is 2.14. The Morgan fingerprint density at radius 2 is 2.21 bits per heavy atom. The zero-order chi connectivity index (χ0) is 10.6. The topological polar surface area (TPSA) is 57.5 Å². The van der Waals surface area contributed by atoms with Crippen LogP contribution in [0.15, 0.2) is 12.1 Å².